The molecule has 1 heterocycles. The molecule has 0 radical (unpaired) electrons. The van der Waals surface area contributed by atoms with Gasteiger partial charge in [-0.3, -0.25) is 0 Å². The van der Waals surface area contributed by atoms with Gasteiger partial charge in [-0.25, -0.2) is 0 Å². The van der Waals surface area contributed by atoms with Crippen molar-refractivity contribution in [1.82, 2.24) is 0 Å². The third-order valence-corrected chi connectivity index (χ3v) is 11.1. The number of thiophene rings is 1. The molecule has 10 rings (SSSR count). The van der Waals surface area contributed by atoms with Crippen molar-refractivity contribution >= 4 is 63.8 Å². The van der Waals surface area contributed by atoms with Crippen LogP contribution in [0.3, 0.4) is 0 Å². The summed E-state index contributed by atoms with van der Waals surface area (Å²) < 4.78 is 10.6. The third-order valence-electron chi connectivity index (χ3n) is 10.0. The van der Waals surface area contributed by atoms with Crippen molar-refractivity contribution in [3.05, 3.63) is 182 Å². The molecule has 9 aromatic carbocycles. The maximum atomic E-state index is 7.96. The van der Waals surface area contributed by atoms with Gasteiger partial charge in [0, 0.05) is 20.2 Å². The number of hydrogen-bond acceptors (Lipinski definition) is 1. The lowest BCUT2D eigenvalue weighted by molar-refractivity contribution is 1.62. The molecule has 1 aromatic heterocycles. The highest BCUT2D eigenvalue weighted by atomic mass is 32.1. The smallest absolute Gasteiger partial charge is 0.0623 e. The van der Waals surface area contributed by atoms with E-state index in [4.69, 9.17) is 1.37 Å². The van der Waals surface area contributed by atoms with E-state index in [9.17, 15) is 0 Å². The monoisotopic (exact) mass is 639 g/mol. The molecular formula is C48H30S. The van der Waals surface area contributed by atoms with Gasteiger partial charge in [0.15, 0.2) is 0 Å². The van der Waals surface area contributed by atoms with Crippen LogP contribution < -0.4 is 0 Å². The van der Waals surface area contributed by atoms with Crippen LogP contribution in [0.25, 0.3) is 97.0 Å². The summed E-state index contributed by atoms with van der Waals surface area (Å²) in [5, 5.41) is 9.94. The number of benzene rings is 9. The van der Waals surface area contributed by atoms with Gasteiger partial charge in [-0.15, -0.1) is 11.3 Å². The van der Waals surface area contributed by atoms with E-state index in [1.54, 1.807) is 0 Å². The van der Waals surface area contributed by atoms with Crippen molar-refractivity contribution in [1.29, 1.82) is 0 Å². The van der Waals surface area contributed by atoms with E-state index < -0.39 is 0 Å². The molecule has 49 heavy (non-hydrogen) atoms. The van der Waals surface area contributed by atoms with Crippen molar-refractivity contribution in [2.75, 3.05) is 0 Å². The summed E-state index contributed by atoms with van der Waals surface area (Å²) in [5.41, 5.74) is 9.85. The van der Waals surface area contributed by atoms with E-state index >= 15 is 0 Å². The van der Waals surface area contributed by atoms with Gasteiger partial charge in [0.05, 0.1) is 1.37 Å². The lowest BCUT2D eigenvalue weighted by Gasteiger charge is -2.18. The maximum absolute atomic E-state index is 7.96. The topological polar surface area (TPSA) is 0 Å². The third kappa shape index (κ3) is 4.58. The first-order valence-electron chi connectivity index (χ1n) is 17.3. The van der Waals surface area contributed by atoms with Crippen LogP contribution in [-0.2, 0) is 0 Å². The zero-order valence-electron chi connectivity index (χ0n) is 27.7. The fraction of sp³-hybridized carbons (Fsp3) is 0. The molecule has 228 valence electrons. The maximum Gasteiger partial charge on any atom is 0.0623 e. The molecule has 1 heteroatoms. The Morgan fingerprint density at radius 1 is 0.347 bits per heavy atom. The second-order valence-electron chi connectivity index (χ2n) is 12.8. The van der Waals surface area contributed by atoms with Gasteiger partial charge in [0.2, 0.25) is 0 Å². The van der Waals surface area contributed by atoms with E-state index in [0.717, 1.165) is 10.8 Å². The Bertz CT molecular complexity index is 2860. The van der Waals surface area contributed by atoms with Crippen molar-refractivity contribution in [2.45, 2.75) is 0 Å². The van der Waals surface area contributed by atoms with Gasteiger partial charge in [0.25, 0.3) is 0 Å². The summed E-state index contributed by atoms with van der Waals surface area (Å²) in [6.45, 7) is 0. The van der Waals surface area contributed by atoms with Crippen molar-refractivity contribution < 1.29 is 1.37 Å². The predicted octanol–water partition coefficient (Wildman–Crippen LogP) is 14.2. The van der Waals surface area contributed by atoms with Gasteiger partial charge in [-0.05, 0) is 95.0 Å². The fourth-order valence-corrected chi connectivity index (χ4v) is 8.85. The first kappa shape index (κ1) is 27.0. The highest BCUT2D eigenvalue weighted by Gasteiger charge is 2.17. The first-order chi connectivity index (χ1) is 24.7. The molecule has 0 aliphatic heterocycles. The van der Waals surface area contributed by atoms with Crippen LogP contribution in [-0.4, -0.2) is 0 Å². The summed E-state index contributed by atoms with van der Waals surface area (Å²) in [6, 6.07) is 64.2. The first-order valence-corrected chi connectivity index (χ1v) is 17.6. The van der Waals surface area contributed by atoms with Crippen LogP contribution >= 0.6 is 11.3 Å². The molecule has 0 nitrogen and oxygen atoms in total. The minimum atomic E-state index is 0.540. The van der Waals surface area contributed by atoms with Crippen LogP contribution in [0.15, 0.2) is 182 Å². The normalized spacial score (nSPS) is 12.0. The molecule has 0 saturated carbocycles. The minimum absolute atomic E-state index is 0.540. The lowest BCUT2D eigenvalue weighted by atomic mass is 9.85. The molecule has 0 bridgehead atoms. The second-order valence-corrected chi connectivity index (χ2v) is 13.8. The average molecular weight is 640 g/mol. The lowest BCUT2D eigenvalue weighted by Crippen LogP contribution is -1.91. The molecule has 0 fully saturated rings. The zero-order chi connectivity index (χ0) is 33.2. The summed E-state index contributed by atoms with van der Waals surface area (Å²) in [4.78, 5) is 0. The highest BCUT2D eigenvalue weighted by molar-refractivity contribution is 7.25. The molecular weight excluding hydrogens is 609 g/mol. The van der Waals surface area contributed by atoms with Crippen LogP contribution in [0.1, 0.15) is 1.37 Å². The minimum Gasteiger partial charge on any atom is -0.135 e. The Balaban J connectivity index is 1.10. The van der Waals surface area contributed by atoms with E-state index in [2.05, 4.69) is 158 Å². The predicted molar refractivity (Wildman–Crippen MR) is 214 cm³/mol. The Labute approximate surface area is 290 Å². The molecule has 0 amide bonds. The molecule has 0 saturated heterocycles. The molecule has 0 aliphatic carbocycles. The zero-order valence-corrected chi connectivity index (χ0v) is 27.5. The van der Waals surface area contributed by atoms with E-state index in [1.807, 2.05) is 29.5 Å². The van der Waals surface area contributed by atoms with E-state index in [1.165, 1.54) is 86.2 Å². The Kier molecular flexibility index (Phi) is 6.22. The largest absolute Gasteiger partial charge is 0.135 e. The molecule has 0 aliphatic rings. The summed E-state index contributed by atoms with van der Waals surface area (Å²) in [5.74, 6) is 0. The summed E-state index contributed by atoms with van der Waals surface area (Å²) >= 11 is 1.87. The van der Waals surface area contributed by atoms with Crippen LogP contribution in [0.5, 0.6) is 0 Å². The average Bonchev–Trinajstić information content (AvgIpc) is 3.56. The summed E-state index contributed by atoms with van der Waals surface area (Å²) in [6.07, 6.45) is 0. The molecule has 0 unspecified atom stereocenters. The molecule has 0 N–H and O–H groups in total. The number of fused-ring (bicyclic) bond motifs is 6. The molecule has 0 spiro atoms. The van der Waals surface area contributed by atoms with Gasteiger partial charge >= 0.3 is 0 Å². The van der Waals surface area contributed by atoms with Crippen molar-refractivity contribution in [3.8, 4) is 44.5 Å². The van der Waals surface area contributed by atoms with Crippen molar-refractivity contribution in [2.24, 2.45) is 0 Å². The Morgan fingerprint density at radius 2 is 0.878 bits per heavy atom. The molecule has 0 atom stereocenters. The Hall–Kier alpha value is -6.02. The van der Waals surface area contributed by atoms with Crippen molar-refractivity contribution in [3.63, 3.8) is 0 Å². The number of hydrogen-bond donors (Lipinski definition) is 0. The van der Waals surface area contributed by atoms with Gasteiger partial charge in [0.1, 0.15) is 0 Å². The summed E-state index contributed by atoms with van der Waals surface area (Å²) in [7, 11) is 0. The van der Waals surface area contributed by atoms with Crippen LogP contribution in [0.2, 0.25) is 0 Å². The van der Waals surface area contributed by atoms with Gasteiger partial charge in [-0.2, -0.15) is 0 Å². The number of rotatable bonds is 4. The van der Waals surface area contributed by atoms with Crippen LogP contribution in [0.4, 0.5) is 0 Å². The second kappa shape index (κ2) is 11.3. The standard InChI is InChI=1S/C48H30S/c1-2-11-36-30-37(29-22-31(36)10-1)32-20-25-34(26-21-32)46-39-12-3-5-14-41(39)47(42-15-6-4-13-40(42)46)35-27-23-33(24-28-35)38-17-9-19-45-48(38)43-16-7-8-18-44(43)49-45/h1-30H/i1D. The molecule has 10 aromatic rings. The van der Waals surface area contributed by atoms with Crippen LogP contribution in [0, 0.1) is 0 Å². The quantitative estimate of drug-likeness (QED) is 0.168. The Morgan fingerprint density at radius 3 is 1.53 bits per heavy atom. The van der Waals surface area contributed by atoms with E-state index in [0.29, 0.717) is 6.04 Å². The van der Waals surface area contributed by atoms with E-state index in [-0.39, 0.29) is 0 Å². The van der Waals surface area contributed by atoms with Gasteiger partial charge < -0.3 is 0 Å². The highest BCUT2D eigenvalue weighted by Crippen LogP contribution is 2.45. The fourth-order valence-electron chi connectivity index (χ4n) is 7.72. The SMILES string of the molecule is [2H]c1ccc2cc(-c3ccc(-c4c5ccccc5c(-c5ccc(-c6cccc7sc8ccccc8c67)cc5)c5ccccc45)cc3)ccc2c1. The van der Waals surface area contributed by atoms with Gasteiger partial charge in [-0.1, -0.05) is 164 Å².